The maximum absolute atomic E-state index is 14.3. The number of nitrogens with one attached hydrogen (secondary N) is 1. The summed E-state index contributed by atoms with van der Waals surface area (Å²) in [7, 11) is -2.55. The Kier molecular flexibility index (Phi) is 8.14. The number of benzene rings is 3. The van der Waals surface area contributed by atoms with E-state index < -0.39 is 40.3 Å². The van der Waals surface area contributed by atoms with Crippen LogP contribution in [0.3, 0.4) is 0 Å². The number of aryl methyl sites for hydroxylation is 1. The highest BCUT2D eigenvalue weighted by Gasteiger charge is 2.44. The first-order chi connectivity index (χ1) is 21.2. The van der Waals surface area contributed by atoms with Crippen molar-refractivity contribution in [2.45, 2.75) is 36.4 Å². The molecule has 0 bridgehead atoms. The zero-order chi connectivity index (χ0) is 31.0. The minimum atomic E-state index is -4.29. The second kappa shape index (κ2) is 12.0. The number of para-hydroxylation sites is 2. The van der Waals surface area contributed by atoms with Gasteiger partial charge in [-0.3, -0.25) is 14.4 Å². The van der Waals surface area contributed by atoms with Crippen LogP contribution in [-0.2, 0) is 37.9 Å². The molecule has 0 saturated carbocycles. The summed E-state index contributed by atoms with van der Waals surface area (Å²) in [5.74, 6) is -1.86. The molecule has 11 nitrogen and oxygen atoms in total. The molecule has 1 fully saturated rings. The Morgan fingerprint density at radius 2 is 1.82 bits per heavy atom. The minimum absolute atomic E-state index is 0.0147. The van der Waals surface area contributed by atoms with Crippen molar-refractivity contribution in [1.82, 2.24) is 24.1 Å². The maximum atomic E-state index is 14.3. The molecule has 2 atom stereocenters. The van der Waals surface area contributed by atoms with Gasteiger partial charge in [-0.05, 0) is 48.7 Å². The molecule has 3 amide bonds. The predicted molar refractivity (Wildman–Crippen MR) is 162 cm³/mol. The van der Waals surface area contributed by atoms with Crippen LogP contribution in [0.4, 0.5) is 0 Å². The van der Waals surface area contributed by atoms with Crippen molar-refractivity contribution in [3.8, 4) is 0 Å². The van der Waals surface area contributed by atoms with E-state index in [0.717, 1.165) is 18.4 Å². The number of hydrogen-bond acceptors (Lipinski definition) is 7. The highest BCUT2D eigenvalue weighted by Crippen LogP contribution is 2.32. The predicted octanol–water partition coefficient (Wildman–Crippen LogP) is 3.44. The van der Waals surface area contributed by atoms with E-state index in [2.05, 4.69) is 5.32 Å². The summed E-state index contributed by atoms with van der Waals surface area (Å²) in [6.07, 6.45) is 1.50. The lowest BCUT2D eigenvalue weighted by Crippen LogP contribution is -2.49. The lowest BCUT2D eigenvalue weighted by atomic mass is 10.1. The number of hydrogen-bond donors (Lipinski definition) is 1. The van der Waals surface area contributed by atoms with Gasteiger partial charge in [-0.2, -0.15) is 0 Å². The lowest BCUT2D eigenvalue weighted by molar-refractivity contribution is -0.142. The van der Waals surface area contributed by atoms with Crippen molar-refractivity contribution in [2.75, 3.05) is 19.7 Å². The summed E-state index contributed by atoms with van der Waals surface area (Å²) < 4.78 is 34.7. The van der Waals surface area contributed by atoms with Gasteiger partial charge in [0.25, 0.3) is 21.8 Å². The van der Waals surface area contributed by atoms with Crippen LogP contribution in [0.1, 0.15) is 40.6 Å². The molecule has 1 N–H and O–H groups in total. The van der Waals surface area contributed by atoms with Gasteiger partial charge in [0.05, 0.1) is 22.7 Å². The normalized spacial score (nSPS) is 17.9. The number of imidazole rings is 1. The van der Waals surface area contributed by atoms with E-state index in [4.69, 9.17) is 21.3 Å². The second-order valence-corrected chi connectivity index (χ2v) is 13.0. The highest BCUT2D eigenvalue weighted by atomic mass is 35.5. The Bertz CT molecular complexity index is 1870. The van der Waals surface area contributed by atoms with Crippen LogP contribution in [0.2, 0.25) is 5.02 Å². The number of aromatic nitrogens is 2. The smallest absolute Gasteiger partial charge is 0.269 e. The first-order valence-corrected chi connectivity index (χ1v) is 16.0. The summed E-state index contributed by atoms with van der Waals surface area (Å²) in [5.41, 5.74) is 1.85. The summed E-state index contributed by atoms with van der Waals surface area (Å²) in [6, 6.07) is 18.7. The van der Waals surface area contributed by atoms with Crippen molar-refractivity contribution in [2.24, 2.45) is 7.05 Å². The van der Waals surface area contributed by atoms with Gasteiger partial charge in [-0.15, -0.1) is 0 Å². The molecule has 0 spiro atoms. The Hall–Kier alpha value is -4.26. The molecule has 13 heteroatoms. The van der Waals surface area contributed by atoms with Gasteiger partial charge >= 0.3 is 0 Å². The van der Waals surface area contributed by atoms with Gasteiger partial charge in [-0.25, -0.2) is 17.7 Å². The molecule has 2 aliphatic rings. The molecule has 0 radical (unpaired) electrons. The van der Waals surface area contributed by atoms with Gasteiger partial charge in [0.1, 0.15) is 17.3 Å². The topological polar surface area (TPSA) is 131 Å². The number of sulfonamides is 1. The Morgan fingerprint density at radius 3 is 2.55 bits per heavy atom. The Morgan fingerprint density at radius 1 is 1.09 bits per heavy atom. The highest BCUT2D eigenvalue weighted by molar-refractivity contribution is 7.90. The third-order valence-electron chi connectivity index (χ3n) is 7.96. The first kappa shape index (κ1) is 29.8. The van der Waals surface area contributed by atoms with E-state index in [1.54, 1.807) is 48.0 Å². The molecule has 228 valence electrons. The zero-order valence-corrected chi connectivity index (χ0v) is 25.4. The van der Waals surface area contributed by atoms with E-state index in [-0.39, 0.29) is 35.5 Å². The number of fused-ring (bicyclic) bond motifs is 2. The number of carbonyl (C=O) groups is 3. The zero-order valence-electron chi connectivity index (χ0n) is 23.9. The third kappa shape index (κ3) is 5.44. The minimum Gasteiger partial charge on any atom is -0.376 e. The van der Waals surface area contributed by atoms with E-state index in [1.165, 1.54) is 23.1 Å². The van der Waals surface area contributed by atoms with Crippen LogP contribution in [0, 0.1) is 0 Å². The number of carbonyl (C=O) groups excluding carboxylic acids is 3. The monoisotopic (exact) mass is 635 g/mol. The molecule has 6 rings (SSSR count). The van der Waals surface area contributed by atoms with Crippen LogP contribution in [0.15, 0.2) is 77.7 Å². The molecule has 0 unspecified atom stereocenters. The van der Waals surface area contributed by atoms with Crippen LogP contribution in [-0.4, -0.2) is 70.7 Å². The molecule has 1 saturated heterocycles. The average molecular weight is 636 g/mol. The van der Waals surface area contributed by atoms with Crippen molar-refractivity contribution in [3.05, 3.63) is 94.8 Å². The molecule has 44 heavy (non-hydrogen) atoms. The summed E-state index contributed by atoms with van der Waals surface area (Å²) >= 11 is 6.51. The van der Waals surface area contributed by atoms with Gasteiger partial charge in [-0.1, -0.05) is 54.1 Å². The van der Waals surface area contributed by atoms with Crippen LogP contribution < -0.4 is 5.32 Å². The van der Waals surface area contributed by atoms with Crippen molar-refractivity contribution in [1.29, 1.82) is 0 Å². The summed E-state index contributed by atoms with van der Waals surface area (Å²) in [5, 5.41) is 3.27. The van der Waals surface area contributed by atoms with Crippen molar-refractivity contribution < 1.29 is 27.5 Å². The van der Waals surface area contributed by atoms with E-state index in [0.29, 0.717) is 27.0 Å². The molecular weight excluding hydrogens is 606 g/mol. The maximum Gasteiger partial charge on any atom is 0.269 e. The molecule has 3 aromatic carbocycles. The van der Waals surface area contributed by atoms with Crippen molar-refractivity contribution >= 4 is 50.4 Å². The molecule has 4 aromatic rings. The lowest BCUT2D eigenvalue weighted by Gasteiger charge is -2.32. The first-order valence-electron chi connectivity index (χ1n) is 14.2. The average Bonchev–Trinajstić information content (AvgIpc) is 3.71. The molecule has 2 aliphatic heterocycles. The fourth-order valence-corrected chi connectivity index (χ4v) is 7.37. The van der Waals surface area contributed by atoms with Gasteiger partial charge < -0.3 is 19.5 Å². The summed E-state index contributed by atoms with van der Waals surface area (Å²) in [4.78, 5) is 47.4. The van der Waals surface area contributed by atoms with Gasteiger partial charge in [0.2, 0.25) is 5.91 Å². The third-order valence-corrected chi connectivity index (χ3v) is 10.1. The largest absolute Gasteiger partial charge is 0.376 e. The van der Waals surface area contributed by atoms with Crippen LogP contribution >= 0.6 is 11.6 Å². The SMILES string of the molecule is Cn1c([C@H](C(=O)NC[C@H]2CCCO2)N(Cc2ccccc2Cl)C(=O)CN2C(=O)c3ccccc3S2(=O)=O)nc2ccccc21. The van der Waals surface area contributed by atoms with Crippen LogP contribution in [0.5, 0.6) is 0 Å². The van der Waals surface area contributed by atoms with Crippen LogP contribution in [0.25, 0.3) is 11.0 Å². The number of ether oxygens (including phenoxy) is 1. The number of rotatable bonds is 9. The molecule has 1 aromatic heterocycles. The number of halogens is 1. The Balaban J connectivity index is 1.42. The van der Waals surface area contributed by atoms with Gasteiger partial charge in [0.15, 0.2) is 6.04 Å². The standard InChI is InChI=1S/C31H30ClN5O6S/c1-35-25-14-6-5-13-24(25)34-29(35)28(30(39)33-17-21-10-8-16-43-21)36(18-20-9-2-4-12-23(20)32)27(38)19-37-31(40)22-11-3-7-15-26(22)44(37,41)42/h2-7,9,11-15,21,28H,8,10,16-19H2,1H3,(H,33,39)/t21-,28-/m1/s1. The molecule has 0 aliphatic carbocycles. The summed E-state index contributed by atoms with van der Waals surface area (Å²) in [6.45, 7) is -0.150. The van der Waals surface area contributed by atoms with Gasteiger partial charge in [0, 0.05) is 31.8 Å². The van der Waals surface area contributed by atoms with Crippen molar-refractivity contribution in [3.63, 3.8) is 0 Å². The Labute approximate surface area is 259 Å². The number of amides is 3. The fraction of sp³-hybridized carbons (Fsp3) is 0.290. The second-order valence-electron chi connectivity index (χ2n) is 10.7. The van der Waals surface area contributed by atoms with E-state index in [9.17, 15) is 22.8 Å². The number of nitrogens with zero attached hydrogens (tertiary/aromatic N) is 4. The quantitative estimate of drug-likeness (QED) is 0.298. The van der Waals surface area contributed by atoms with E-state index >= 15 is 0 Å². The molecular formula is C31H30ClN5O6S. The van der Waals surface area contributed by atoms with E-state index in [1.807, 2.05) is 18.2 Å². The molecule has 3 heterocycles. The fourth-order valence-electron chi connectivity index (χ4n) is 5.66.